The zero-order valence-corrected chi connectivity index (χ0v) is 27.7. The summed E-state index contributed by atoms with van der Waals surface area (Å²) in [5.41, 5.74) is -4.53. The van der Waals surface area contributed by atoms with Crippen molar-refractivity contribution in [2.45, 2.75) is 62.8 Å². The Balaban J connectivity index is 1.80. The minimum absolute atomic E-state index is 0.0551. The van der Waals surface area contributed by atoms with E-state index in [2.05, 4.69) is 19.7 Å². The van der Waals surface area contributed by atoms with E-state index >= 15 is 0 Å². The van der Waals surface area contributed by atoms with E-state index in [9.17, 15) is 61.9 Å². The molecule has 276 valence electrons. The number of hydrogen-bond acceptors (Lipinski definition) is 8. The predicted octanol–water partition coefficient (Wildman–Crippen LogP) is 6.17. The third-order valence-corrected chi connectivity index (χ3v) is 9.38. The minimum Gasteiger partial charge on any atom is -0.356 e. The first kappa shape index (κ1) is 38.9. The van der Waals surface area contributed by atoms with Gasteiger partial charge in [-0.1, -0.05) is 38.4 Å². The average molecular weight is 771 g/mol. The van der Waals surface area contributed by atoms with Crippen molar-refractivity contribution in [2.75, 3.05) is 7.05 Å². The number of halogens is 11. The normalized spacial score (nSPS) is 15.6. The lowest BCUT2D eigenvalue weighted by molar-refractivity contribution is -0.307. The van der Waals surface area contributed by atoms with E-state index in [1.54, 1.807) is 27.8 Å². The molecule has 0 spiro atoms. The molecule has 4 rings (SSSR count). The number of carbonyl (C=O) groups is 2. The van der Waals surface area contributed by atoms with Gasteiger partial charge in [0.2, 0.25) is 5.91 Å². The Morgan fingerprint density at radius 3 is 2.00 bits per heavy atom. The van der Waals surface area contributed by atoms with Crippen LogP contribution in [0.1, 0.15) is 49.5 Å². The second kappa shape index (κ2) is 12.1. The van der Waals surface area contributed by atoms with Gasteiger partial charge in [0, 0.05) is 24.2 Å². The lowest BCUT2D eigenvalue weighted by Crippen LogP contribution is -2.60. The second-order valence-corrected chi connectivity index (χ2v) is 14.1. The molecule has 0 saturated heterocycles. The van der Waals surface area contributed by atoms with E-state index in [-0.39, 0.29) is 26.4 Å². The molecule has 23 heteroatoms. The maximum Gasteiger partial charge on any atom is 0.450 e. The monoisotopic (exact) mass is 770 g/mol. The standard InChI is InChI=1S/C27H25ClF10N6O5S/c1-22(2,3)21(46)44(23(39-4)8-9-23)20(45)15-10-13(6-7-16(15)28)14-11-40-43(12-14)19-17(24(29,30)31)18(41-42(19)5)49-50(47,48)25(32,26(33,34)35)27(36,37)38/h6-7,10-12,39H,8-9H2,1-5H3. The molecular formula is C27H25ClF10N6O5S. The van der Waals surface area contributed by atoms with Crippen molar-refractivity contribution in [3.63, 3.8) is 0 Å². The molecular weight excluding hydrogens is 746 g/mol. The Bertz CT molecular complexity index is 1930. The molecule has 2 aromatic heterocycles. The second-order valence-electron chi connectivity index (χ2n) is 12.1. The highest BCUT2D eigenvalue weighted by Gasteiger charge is 2.82. The largest absolute Gasteiger partial charge is 0.450 e. The number of aryl methyl sites for hydroxylation is 1. The number of rotatable bonds is 8. The van der Waals surface area contributed by atoms with E-state index in [1.165, 1.54) is 18.2 Å². The summed E-state index contributed by atoms with van der Waals surface area (Å²) in [5.74, 6) is -5.01. The topological polar surface area (TPSA) is 128 Å². The van der Waals surface area contributed by atoms with Gasteiger partial charge < -0.3 is 4.18 Å². The van der Waals surface area contributed by atoms with Gasteiger partial charge in [0.15, 0.2) is 11.4 Å². The van der Waals surface area contributed by atoms with Crippen LogP contribution in [0.4, 0.5) is 43.9 Å². The van der Waals surface area contributed by atoms with Crippen LogP contribution in [0.2, 0.25) is 5.02 Å². The Labute approximate surface area is 281 Å². The molecule has 0 atom stereocenters. The van der Waals surface area contributed by atoms with Crippen molar-refractivity contribution >= 4 is 33.5 Å². The zero-order chi connectivity index (χ0) is 38.2. The SMILES string of the molecule is CNC1(N(C(=O)c2cc(-c3cnn(-c4c(C(F)(F)F)c(OS(=O)(=O)C(F)(C(F)(F)F)C(F)(F)F)nn4C)c3)ccc2Cl)C(=O)C(C)(C)C)CC1. The first-order valence-electron chi connectivity index (χ1n) is 13.9. The Kier molecular flexibility index (Phi) is 9.41. The van der Waals surface area contributed by atoms with Crippen LogP contribution in [0.5, 0.6) is 5.88 Å². The van der Waals surface area contributed by atoms with Crippen LogP contribution < -0.4 is 9.50 Å². The highest BCUT2D eigenvalue weighted by molar-refractivity contribution is 7.88. The average Bonchev–Trinajstić information content (AvgIpc) is 3.45. The van der Waals surface area contributed by atoms with Gasteiger partial charge in [-0.05, 0) is 37.6 Å². The minimum atomic E-state index is -7.64. The van der Waals surface area contributed by atoms with E-state index in [0.717, 1.165) is 17.3 Å². The predicted molar refractivity (Wildman–Crippen MR) is 153 cm³/mol. The molecule has 50 heavy (non-hydrogen) atoms. The summed E-state index contributed by atoms with van der Waals surface area (Å²) in [4.78, 5) is 28.2. The number of amides is 2. The number of benzene rings is 1. The molecule has 0 radical (unpaired) electrons. The number of aromatic nitrogens is 4. The van der Waals surface area contributed by atoms with Gasteiger partial charge in [0.25, 0.3) is 11.8 Å². The lowest BCUT2D eigenvalue weighted by atomic mass is 9.93. The van der Waals surface area contributed by atoms with Crippen molar-refractivity contribution in [1.29, 1.82) is 0 Å². The number of alkyl halides is 10. The summed E-state index contributed by atoms with van der Waals surface area (Å²) in [6.45, 7) is 4.77. The number of hydrogen-bond donors (Lipinski definition) is 1. The van der Waals surface area contributed by atoms with Crippen molar-refractivity contribution in [3.8, 4) is 22.8 Å². The molecule has 2 amide bonds. The van der Waals surface area contributed by atoms with Crippen LogP contribution in [0.25, 0.3) is 16.9 Å². The van der Waals surface area contributed by atoms with Crippen LogP contribution in [0.15, 0.2) is 30.6 Å². The molecule has 3 aromatic rings. The van der Waals surface area contributed by atoms with Crippen molar-refractivity contribution < 1.29 is 66.1 Å². The van der Waals surface area contributed by atoms with E-state index in [0.29, 0.717) is 24.6 Å². The summed E-state index contributed by atoms with van der Waals surface area (Å²) < 4.78 is 164. The molecule has 0 aliphatic heterocycles. The van der Waals surface area contributed by atoms with Crippen molar-refractivity contribution in [2.24, 2.45) is 12.5 Å². The van der Waals surface area contributed by atoms with Gasteiger partial charge in [0.1, 0.15) is 5.66 Å². The van der Waals surface area contributed by atoms with Gasteiger partial charge in [0.05, 0.1) is 16.8 Å². The van der Waals surface area contributed by atoms with Crippen LogP contribution >= 0.6 is 11.6 Å². The summed E-state index contributed by atoms with van der Waals surface area (Å²) in [7, 11) is -5.41. The fourth-order valence-corrected chi connectivity index (χ4v) is 5.97. The van der Waals surface area contributed by atoms with E-state index in [4.69, 9.17) is 11.6 Å². The van der Waals surface area contributed by atoms with Gasteiger partial charge in [-0.25, -0.2) is 13.8 Å². The molecule has 2 heterocycles. The quantitative estimate of drug-likeness (QED) is 0.164. The Morgan fingerprint density at radius 2 is 1.54 bits per heavy atom. The first-order chi connectivity index (χ1) is 22.5. The van der Waals surface area contributed by atoms with Crippen molar-refractivity contribution in [3.05, 3.63) is 46.7 Å². The highest BCUT2D eigenvalue weighted by Crippen LogP contribution is 2.51. The van der Waals surface area contributed by atoms with Crippen molar-refractivity contribution in [1.82, 2.24) is 29.8 Å². The summed E-state index contributed by atoms with van der Waals surface area (Å²) in [6.07, 6.45) is -17.6. The molecule has 1 N–H and O–H groups in total. The summed E-state index contributed by atoms with van der Waals surface area (Å²) >= 11 is 6.32. The molecule has 1 saturated carbocycles. The summed E-state index contributed by atoms with van der Waals surface area (Å²) in [6, 6.07) is 3.75. The maximum atomic E-state index is 14.3. The van der Waals surface area contributed by atoms with Crippen LogP contribution in [0, 0.1) is 5.41 Å². The maximum absolute atomic E-state index is 14.3. The Morgan fingerprint density at radius 1 is 0.980 bits per heavy atom. The number of imide groups is 1. The summed E-state index contributed by atoms with van der Waals surface area (Å²) in [5, 5.41) is 2.38. The highest BCUT2D eigenvalue weighted by atomic mass is 35.5. The van der Waals surface area contributed by atoms with Crippen LogP contribution in [-0.2, 0) is 28.1 Å². The third-order valence-electron chi connectivity index (χ3n) is 7.53. The van der Waals surface area contributed by atoms with Gasteiger partial charge in [-0.2, -0.15) is 53.0 Å². The van der Waals surface area contributed by atoms with Gasteiger partial charge in [-0.15, -0.1) is 5.10 Å². The third kappa shape index (κ3) is 6.51. The number of nitrogens with zero attached hydrogens (tertiary/aromatic N) is 5. The first-order valence-corrected chi connectivity index (χ1v) is 15.7. The molecule has 1 aliphatic rings. The smallest absolute Gasteiger partial charge is 0.356 e. The van der Waals surface area contributed by atoms with Gasteiger partial charge in [-0.3, -0.25) is 19.8 Å². The van der Waals surface area contributed by atoms with Gasteiger partial charge >= 0.3 is 33.6 Å². The molecule has 0 bridgehead atoms. The molecule has 1 aliphatic carbocycles. The number of nitrogens with one attached hydrogen (secondary N) is 1. The van der Waals surface area contributed by atoms with E-state index in [1.807, 2.05) is 0 Å². The number of carbonyl (C=O) groups excluding carboxylic acids is 2. The Hall–Kier alpha value is -3.92. The zero-order valence-electron chi connectivity index (χ0n) is 26.1. The lowest BCUT2D eigenvalue weighted by Gasteiger charge is -2.35. The van der Waals surface area contributed by atoms with Crippen LogP contribution in [0.3, 0.4) is 0 Å². The molecule has 1 fully saturated rings. The van der Waals surface area contributed by atoms with Crippen LogP contribution in [-0.4, -0.2) is 74.8 Å². The fourth-order valence-electron chi connectivity index (χ4n) is 4.76. The van der Waals surface area contributed by atoms with E-state index < -0.39 is 73.8 Å². The molecule has 1 aromatic carbocycles. The molecule has 11 nitrogen and oxygen atoms in total. The fraction of sp³-hybridized carbons (Fsp3) is 0.481. The molecule has 0 unspecified atom stereocenters.